The summed E-state index contributed by atoms with van der Waals surface area (Å²) in [5.74, 6) is 1.87. The molecule has 0 aliphatic carbocycles. The molecule has 0 unspecified atom stereocenters. The van der Waals surface area contributed by atoms with Gasteiger partial charge in [0.15, 0.2) is 0 Å². The zero-order chi connectivity index (χ0) is 16.7. The Morgan fingerprint density at radius 1 is 0.913 bits per heavy atom. The predicted molar refractivity (Wildman–Crippen MR) is 96.6 cm³/mol. The zero-order valence-corrected chi connectivity index (χ0v) is 14.8. The fraction of sp³-hybridized carbons (Fsp3) is 0.429. The van der Waals surface area contributed by atoms with Gasteiger partial charge in [0.25, 0.3) is 0 Å². The van der Waals surface area contributed by atoms with Gasteiger partial charge in [-0.2, -0.15) is 0 Å². The van der Waals surface area contributed by atoms with E-state index in [0.717, 1.165) is 30.8 Å². The second-order valence-corrected chi connectivity index (χ2v) is 6.00. The molecule has 2 aromatic rings. The van der Waals surface area contributed by atoms with Crippen LogP contribution < -0.4 is 9.47 Å². The van der Waals surface area contributed by atoms with E-state index in [1.54, 1.807) is 0 Å². The highest BCUT2D eigenvalue weighted by atomic mass is 16.5. The molecule has 0 bridgehead atoms. The van der Waals surface area contributed by atoms with Crippen molar-refractivity contribution >= 4 is 0 Å². The molecule has 0 radical (unpaired) electrons. The number of hydrogen-bond donors (Lipinski definition) is 0. The molecule has 0 saturated carbocycles. The van der Waals surface area contributed by atoms with Gasteiger partial charge in [-0.05, 0) is 67.6 Å². The van der Waals surface area contributed by atoms with Crippen LogP contribution >= 0.6 is 0 Å². The minimum absolute atomic E-state index is 0.137. The van der Waals surface area contributed by atoms with Crippen LogP contribution in [0.25, 0.3) is 0 Å². The molecule has 0 heterocycles. The van der Waals surface area contributed by atoms with Crippen molar-refractivity contribution in [2.24, 2.45) is 0 Å². The number of hydrogen-bond acceptors (Lipinski definition) is 2. The molecule has 0 spiro atoms. The van der Waals surface area contributed by atoms with E-state index >= 15 is 0 Å². The molecule has 0 N–H and O–H groups in total. The van der Waals surface area contributed by atoms with Crippen LogP contribution in [0, 0.1) is 6.92 Å². The Hall–Kier alpha value is -1.96. The minimum atomic E-state index is 0.137. The molecular weight excluding hydrogens is 284 g/mol. The molecular formula is C21H28O2. The largest absolute Gasteiger partial charge is 0.493 e. The number of ether oxygens (including phenoxy) is 2. The Bertz CT molecular complexity index is 602. The molecule has 0 aliphatic rings. The summed E-state index contributed by atoms with van der Waals surface area (Å²) >= 11 is 0. The Labute approximate surface area is 140 Å². The average Bonchev–Trinajstić information content (AvgIpc) is 2.56. The highest BCUT2D eigenvalue weighted by molar-refractivity contribution is 5.34. The van der Waals surface area contributed by atoms with E-state index in [-0.39, 0.29) is 6.10 Å². The minimum Gasteiger partial charge on any atom is -0.493 e. The second-order valence-electron chi connectivity index (χ2n) is 6.00. The van der Waals surface area contributed by atoms with E-state index < -0.39 is 0 Å². The normalized spacial score (nSPS) is 12.0. The van der Waals surface area contributed by atoms with E-state index in [9.17, 15) is 0 Å². The van der Waals surface area contributed by atoms with Crippen molar-refractivity contribution in [1.82, 2.24) is 0 Å². The van der Waals surface area contributed by atoms with Crippen molar-refractivity contribution in [3.8, 4) is 11.5 Å². The van der Waals surface area contributed by atoms with Crippen molar-refractivity contribution in [2.75, 3.05) is 6.61 Å². The second kappa shape index (κ2) is 8.61. The van der Waals surface area contributed by atoms with E-state index in [0.29, 0.717) is 6.61 Å². The van der Waals surface area contributed by atoms with Gasteiger partial charge >= 0.3 is 0 Å². The van der Waals surface area contributed by atoms with Gasteiger partial charge < -0.3 is 9.47 Å². The summed E-state index contributed by atoms with van der Waals surface area (Å²) in [7, 11) is 0. The molecule has 0 aliphatic heterocycles. The maximum atomic E-state index is 5.93. The van der Waals surface area contributed by atoms with E-state index in [1.807, 2.05) is 12.1 Å². The number of aryl methyl sites for hydroxylation is 3. The Kier molecular flexibility index (Phi) is 6.52. The van der Waals surface area contributed by atoms with Crippen LogP contribution in [0.1, 0.15) is 43.9 Å². The lowest BCUT2D eigenvalue weighted by Crippen LogP contribution is -2.15. The topological polar surface area (TPSA) is 18.5 Å². The average molecular weight is 312 g/mol. The zero-order valence-electron chi connectivity index (χ0n) is 14.8. The van der Waals surface area contributed by atoms with Crippen LogP contribution in [-0.4, -0.2) is 12.7 Å². The molecule has 0 amide bonds. The fourth-order valence-corrected chi connectivity index (χ4v) is 2.59. The third-order valence-electron chi connectivity index (χ3n) is 4.16. The first-order chi connectivity index (χ1) is 11.1. The molecule has 1 atom stereocenters. The predicted octanol–water partition coefficient (Wildman–Crippen LogP) is 5.36. The van der Waals surface area contributed by atoms with Gasteiger partial charge in [-0.1, -0.05) is 32.0 Å². The molecule has 2 rings (SSSR count). The van der Waals surface area contributed by atoms with Crippen molar-refractivity contribution < 1.29 is 9.47 Å². The van der Waals surface area contributed by atoms with E-state index in [2.05, 4.69) is 58.0 Å². The van der Waals surface area contributed by atoms with Crippen LogP contribution in [0.5, 0.6) is 11.5 Å². The third kappa shape index (κ3) is 5.31. The lowest BCUT2D eigenvalue weighted by atomic mass is 10.1. The van der Waals surface area contributed by atoms with Crippen molar-refractivity contribution in [3.05, 3.63) is 59.2 Å². The van der Waals surface area contributed by atoms with Gasteiger partial charge in [0.05, 0.1) is 12.7 Å². The summed E-state index contributed by atoms with van der Waals surface area (Å²) in [6.45, 7) is 9.22. The Morgan fingerprint density at radius 3 is 2.22 bits per heavy atom. The molecule has 0 aromatic heterocycles. The first-order valence-corrected chi connectivity index (χ1v) is 8.60. The van der Waals surface area contributed by atoms with Gasteiger partial charge in [-0.25, -0.2) is 0 Å². The molecule has 0 saturated heterocycles. The summed E-state index contributed by atoms with van der Waals surface area (Å²) in [4.78, 5) is 0. The van der Waals surface area contributed by atoms with Crippen molar-refractivity contribution in [3.63, 3.8) is 0 Å². The van der Waals surface area contributed by atoms with Gasteiger partial charge in [0, 0.05) is 6.42 Å². The van der Waals surface area contributed by atoms with Gasteiger partial charge in [-0.3, -0.25) is 0 Å². The Morgan fingerprint density at radius 2 is 1.61 bits per heavy atom. The van der Waals surface area contributed by atoms with Crippen molar-refractivity contribution in [1.29, 1.82) is 0 Å². The van der Waals surface area contributed by atoms with Crippen LogP contribution in [0.4, 0.5) is 0 Å². The Balaban J connectivity index is 1.77. The lowest BCUT2D eigenvalue weighted by Gasteiger charge is -2.16. The van der Waals surface area contributed by atoms with Crippen LogP contribution in [0.3, 0.4) is 0 Å². The molecule has 23 heavy (non-hydrogen) atoms. The van der Waals surface area contributed by atoms with Gasteiger partial charge in [0.2, 0.25) is 0 Å². The maximum absolute atomic E-state index is 5.93. The fourth-order valence-electron chi connectivity index (χ4n) is 2.59. The summed E-state index contributed by atoms with van der Waals surface area (Å²) in [5.41, 5.74) is 4.01. The quantitative estimate of drug-likeness (QED) is 0.653. The third-order valence-corrected chi connectivity index (χ3v) is 4.16. The molecule has 2 aromatic carbocycles. The van der Waals surface area contributed by atoms with Crippen LogP contribution in [0.2, 0.25) is 0 Å². The van der Waals surface area contributed by atoms with E-state index in [1.165, 1.54) is 16.7 Å². The molecule has 2 heteroatoms. The molecule has 124 valence electrons. The molecule has 0 fully saturated rings. The standard InChI is InChI=1S/C21H28O2/c1-5-18-7-10-20(11-8-18)23-17(4)13-14-22-21-12-9-19(6-2)16(3)15-21/h7-12,15,17H,5-6,13-14H2,1-4H3/t17-/m1/s1. The van der Waals surface area contributed by atoms with Crippen LogP contribution in [0.15, 0.2) is 42.5 Å². The van der Waals surface area contributed by atoms with Gasteiger partial charge in [0.1, 0.15) is 11.5 Å². The maximum Gasteiger partial charge on any atom is 0.119 e. The van der Waals surface area contributed by atoms with Gasteiger partial charge in [-0.15, -0.1) is 0 Å². The summed E-state index contributed by atoms with van der Waals surface area (Å²) in [6.07, 6.45) is 3.12. The highest BCUT2D eigenvalue weighted by Crippen LogP contribution is 2.19. The first kappa shape index (κ1) is 17.4. The summed E-state index contributed by atoms with van der Waals surface area (Å²) in [5, 5.41) is 0. The summed E-state index contributed by atoms with van der Waals surface area (Å²) in [6, 6.07) is 14.7. The van der Waals surface area contributed by atoms with Crippen molar-refractivity contribution in [2.45, 2.75) is 53.1 Å². The number of rotatable bonds is 8. The summed E-state index contributed by atoms with van der Waals surface area (Å²) < 4.78 is 11.8. The lowest BCUT2D eigenvalue weighted by molar-refractivity contribution is 0.177. The monoisotopic (exact) mass is 312 g/mol. The highest BCUT2D eigenvalue weighted by Gasteiger charge is 2.05. The number of benzene rings is 2. The smallest absolute Gasteiger partial charge is 0.119 e. The SMILES string of the molecule is CCc1ccc(O[C@H](C)CCOc2ccc(CC)c(C)c2)cc1. The molecule has 2 nitrogen and oxygen atoms in total. The first-order valence-electron chi connectivity index (χ1n) is 8.60. The van der Waals surface area contributed by atoms with E-state index in [4.69, 9.17) is 9.47 Å². The van der Waals surface area contributed by atoms with Crippen LogP contribution in [-0.2, 0) is 12.8 Å².